The van der Waals surface area contributed by atoms with Crippen molar-refractivity contribution in [2.75, 3.05) is 17.7 Å². The van der Waals surface area contributed by atoms with Crippen LogP contribution in [0.3, 0.4) is 0 Å². The second-order valence-corrected chi connectivity index (χ2v) is 8.48. The van der Waals surface area contributed by atoms with Crippen molar-refractivity contribution < 1.29 is 31.9 Å². The van der Waals surface area contributed by atoms with Crippen molar-refractivity contribution in [3.8, 4) is 5.75 Å². The summed E-state index contributed by atoms with van der Waals surface area (Å²) in [6.07, 6.45) is 0. The molecule has 178 valence electrons. The van der Waals surface area contributed by atoms with Crippen molar-refractivity contribution in [3.63, 3.8) is 0 Å². The van der Waals surface area contributed by atoms with Gasteiger partial charge in [-0.15, -0.1) is 0 Å². The third-order valence-corrected chi connectivity index (χ3v) is 5.05. The Bertz CT molecular complexity index is 1220. The maximum atomic E-state index is 14.2. The first-order valence-corrected chi connectivity index (χ1v) is 10.2. The summed E-state index contributed by atoms with van der Waals surface area (Å²) in [6, 6.07) is 12.8. The lowest BCUT2D eigenvalue weighted by molar-refractivity contribution is 0.101. The highest BCUT2D eigenvalue weighted by Gasteiger charge is 2.30. The number of hydrogen-bond donors (Lipinski definition) is 2. The molecule has 2 N–H and O–H groups in total. The SMILES string of the molecule is COc1c(F)c(F)c(C(=O)Nc2cccc(NC(=O)c3ccc(C(C)(C)C)cc3)c2)c(F)c1F. The number of halogens is 4. The molecule has 0 aliphatic carbocycles. The zero-order chi connectivity index (χ0) is 25.2. The molecule has 0 saturated carbocycles. The Morgan fingerprint density at radius 1 is 0.765 bits per heavy atom. The Hall–Kier alpha value is -3.88. The number of rotatable bonds is 5. The van der Waals surface area contributed by atoms with Crippen LogP contribution in [0.15, 0.2) is 48.5 Å². The Morgan fingerprint density at radius 3 is 1.74 bits per heavy atom. The van der Waals surface area contributed by atoms with E-state index in [1.54, 1.807) is 12.1 Å². The van der Waals surface area contributed by atoms with Gasteiger partial charge in [-0.3, -0.25) is 9.59 Å². The van der Waals surface area contributed by atoms with E-state index in [0.29, 0.717) is 5.56 Å². The van der Waals surface area contributed by atoms with Crippen molar-refractivity contribution >= 4 is 23.2 Å². The van der Waals surface area contributed by atoms with Gasteiger partial charge in [-0.05, 0) is 41.3 Å². The normalized spacial score (nSPS) is 11.2. The third kappa shape index (κ3) is 5.03. The van der Waals surface area contributed by atoms with Crippen LogP contribution in [-0.4, -0.2) is 18.9 Å². The van der Waals surface area contributed by atoms with E-state index in [-0.39, 0.29) is 16.8 Å². The highest BCUT2D eigenvalue weighted by atomic mass is 19.2. The number of anilines is 2. The second kappa shape index (κ2) is 9.54. The van der Waals surface area contributed by atoms with Gasteiger partial charge in [-0.1, -0.05) is 39.0 Å². The largest absolute Gasteiger partial charge is 0.491 e. The van der Waals surface area contributed by atoms with E-state index in [9.17, 15) is 27.2 Å². The standard InChI is InChI=1S/C25H22F4N2O3/c1-25(2,3)14-10-8-13(9-11-14)23(32)30-15-6-5-7-16(12-15)31-24(33)17-18(26)20(28)22(34-4)21(29)19(17)27/h5-12H,1-4H3,(H,30,32)(H,31,33). The molecule has 34 heavy (non-hydrogen) atoms. The molecule has 0 saturated heterocycles. The van der Waals surface area contributed by atoms with E-state index >= 15 is 0 Å². The molecule has 0 spiro atoms. The lowest BCUT2D eigenvalue weighted by Crippen LogP contribution is -2.19. The fourth-order valence-corrected chi connectivity index (χ4v) is 3.18. The van der Waals surface area contributed by atoms with E-state index < -0.39 is 46.4 Å². The molecule has 0 aromatic heterocycles. The van der Waals surface area contributed by atoms with Crippen LogP contribution in [0.5, 0.6) is 5.75 Å². The number of methoxy groups -OCH3 is 1. The number of amides is 2. The predicted octanol–water partition coefficient (Wildman–Crippen LogP) is 6.05. The van der Waals surface area contributed by atoms with Crippen LogP contribution in [0, 0.1) is 23.3 Å². The number of hydrogen-bond acceptors (Lipinski definition) is 3. The van der Waals surface area contributed by atoms with Crippen LogP contribution < -0.4 is 15.4 Å². The molecule has 0 heterocycles. The van der Waals surface area contributed by atoms with E-state index in [1.807, 2.05) is 32.9 Å². The van der Waals surface area contributed by atoms with Gasteiger partial charge in [-0.2, -0.15) is 8.78 Å². The van der Waals surface area contributed by atoms with Gasteiger partial charge in [0.2, 0.25) is 11.6 Å². The minimum Gasteiger partial charge on any atom is -0.491 e. The number of nitrogens with one attached hydrogen (secondary N) is 2. The van der Waals surface area contributed by atoms with Gasteiger partial charge >= 0.3 is 0 Å². The van der Waals surface area contributed by atoms with E-state index in [1.165, 1.54) is 24.3 Å². The Kier molecular flexibility index (Phi) is 6.95. The molecule has 0 aliphatic rings. The summed E-state index contributed by atoms with van der Waals surface area (Å²) in [6.45, 7) is 6.15. The highest BCUT2D eigenvalue weighted by Crippen LogP contribution is 2.30. The van der Waals surface area contributed by atoms with Crippen LogP contribution in [0.1, 0.15) is 47.1 Å². The topological polar surface area (TPSA) is 67.4 Å². The average molecular weight is 474 g/mol. The molecule has 0 atom stereocenters. The van der Waals surface area contributed by atoms with Gasteiger partial charge in [0.25, 0.3) is 11.8 Å². The van der Waals surface area contributed by atoms with E-state index in [0.717, 1.165) is 12.7 Å². The zero-order valence-corrected chi connectivity index (χ0v) is 18.9. The Labute approximate surface area is 193 Å². The van der Waals surface area contributed by atoms with Crippen LogP contribution >= 0.6 is 0 Å². The van der Waals surface area contributed by atoms with E-state index in [2.05, 4.69) is 15.4 Å². The summed E-state index contributed by atoms with van der Waals surface area (Å²) < 4.78 is 60.6. The van der Waals surface area contributed by atoms with E-state index in [4.69, 9.17) is 0 Å². The van der Waals surface area contributed by atoms with Crippen LogP contribution in [0.25, 0.3) is 0 Å². The quantitative estimate of drug-likeness (QED) is 0.349. The van der Waals surface area contributed by atoms with Crippen LogP contribution in [-0.2, 0) is 5.41 Å². The third-order valence-electron chi connectivity index (χ3n) is 5.05. The van der Waals surface area contributed by atoms with Crippen molar-refractivity contribution in [1.29, 1.82) is 0 Å². The van der Waals surface area contributed by atoms with Crippen LogP contribution in [0.2, 0.25) is 0 Å². The molecule has 3 aromatic rings. The maximum Gasteiger partial charge on any atom is 0.261 e. The van der Waals surface area contributed by atoms with Gasteiger partial charge in [0, 0.05) is 16.9 Å². The average Bonchev–Trinajstić information content (AvgIpc) is 2.78. The van der Waals surface area contributed by atoms with Crippen molar-refractivity contribution in [2.24, 2.45) is 0 Å². The smallest absolute Gasteiger partial charge is 0.261 e. The Balaban J connectivity index is 1.79. The molecule has 3 rings (SSSR count). The monoisotopic (exact) mass is 474 g/mol. The van der Waals surface area contributed by atoms with Gasteiger partial charge < -0.3 is 15.4 Å². The van der Waals surface area contributed by atoms with Crippen LogP contribution in [0.4, 0.5) is 28.9 Å². The maximum absolute atomic E-state index is 14.2. The number of carbonyl (C=O) groups excluding carboxylic acids is 2. The van der Waals surface area contributed by atoms with Gasteiger partial charge in [0.1, 0.15) is 5.56 Å². The molecule has 0 fully saturated rings. The molecule has 0 aliphatic heterocycles. The van der Waals surface area contributed by atoms with Gasteiger partial charge in [0.15, 0.2) is 17.4 Å². The lowest BCUT2D eigenvalue weighted by atomic mass is 9.87. The molecular weight excluding hydrogens is 452 g/mol. The minimum absolute atomic E-state index is 0.0290. The summed E-state index contributed by atoms with van der Waals surface area (Å²) >= 11 is 0. The first-order chi connectivity index (χ1) is 15.9. The van der Waals surface area contributed by atoms with Crippen molar-refractivity contribution in [2.45, 2.75) is 26.2 Å². The molecule has 2 amide bonds. The minimum atomic E-state index is -1.89. The number of benzene rings is 3. The number of carbonyl (C=O) groups is 2. The molecule has 9 heteroatoms. The highest BCUT2D eigenvalue weighted by molar-refractivity contribution is 6.06. The van der Waals surface area contributed by atoms with Crippen molar-refractivity contribution in [3.05, 3.63) is 88.5 Å². The number of ether oxygens (including phenoxy) is 1. The molecule has 0 radical (unpaired) electrons. The molecule has 0 unspecified atom stereocenters. The zero-order valence-electron chi connectivity index (χ0n) is 18.9. The van der Waals surface area contributed by atoms with Gasteiger partial charge in [-0.25, -0.2) is 8.78 Å². The molecular formula is C25H22F4N2O3. The molecule has 3 aromatic carbocycles. The molecule has 0 bridgehead atoms. The predicted molar refractivity (Wildman–Crippen MR) is 120 cm³/mol. The van der Waals surface area contributed by atoms with Crippen molar-refractivity contribution in [1.82, 2.24) is 0 Å². The fraction of sp³-hybridized carbons (Fsp3) is 0.200. The summed E-state index contributed by atoms with van der Waals surface area (Å²) in [7, 11) is 0.832. The summed E-state index contributed by atoms with van der Waals surface area (Å²) in [4.78, 5) is 24.9. The molecule has 5 nitrogen and oxygen atoms in total. The second-order valence-electron chi connectivity index (χ2n) is 8.48. The lowest BCUT2D eigenvalue weighted by Gasteiger charge is -2.19. The Morgan fingerprint density at radius 2 is 1.26 bits per heavy atom. The fourth-order valence-electron chi connectivity index (χ4n) is 3.18. The summed E-state index contributed by atoms with van der Waals surface area (Å²) in [5.74, 6) is -10.5. The van der Waals surface area contributed by atoms with Gasteiger partial charge in [0.05, 0.1) is 7.11 Å². The first-order valence-electron chi connectivity index (χ1n) is 10.2. The first kappa shape index (κ1) is 24.8. The summed E-state index contributed by atoms with van der Waals surface area (Å²) in [5, 5.41) is 4.82. The summed E-state index contributed by atoms with van der Waals surface area (Å²) in [5.41, 5.74) is 0.243.